The minimum atomic E-state index is 0.743. The van der Waals surface area contributed by atoms with Gasteiger partial charge in [-0.3, -0.25) is 0 Å². The molecule has 1 saturated heterocycles. The molecule has 1 aromatic rings. The molecule has 1 N–H and O–H groups in total. The predicted molar refractivity (Wildman–Crippen MR) is 81.6 cm³/mol. The van der Waals surface area contributed by atoms with Crippen LogP contribution in [0, 0.1) is 0 Å². The van der Waals surface area contributed by atoms with Crippen molar-refractivity contribution in [3.8, 4) is 0 Å². The van der Waals surface area contributed by atoms with Gasteiger partial charge < -0.3 is 15.0 Å². The standard InChI is InChI=1S/C15H26N2OS/c1-3-16-11-14-6-7-15(19-14)12-18-10-8-13-5-4-9-17(13)2/h6-7,13,16H,3-5,8-12H2,1-2H3. The van der Waals surface area contributed by atoms with Gasteiger partial charge in [-0.15, -0.1) is 11.3 Å². The number of ether oxygens (including phenoxy) is 1. The summed E-state index contributed by atoms with van der Waals surface area (Å²) in [4.78, 5) is 5.20. The van der Waals surface area contributed by atoms with Gasteiger partial charge in [0.15, 0.2) is 0 Å². The first-order valence-corrected chi connectivity index (χ1v) is 8.17. The van der Waals surface area contributed by atoms with Crippen molar-refractivity contribution < 1.29 is 4.74 Å². The lowest BCUT2D eigenvalue weighted by Gasteiger charge is -2.18. The highest BCUT2D eigenvalue weighted by molar-refractivity contribution is 7.11. The first-order valence-electron chi connectivity index (χ1n) is 7.36. The number of nitrogens with one attached hydrogen (secondary N) is 1. The third kappa shape index (κ3) is 4.88. The summed E-state index contributed by atoms with van der Waals surface area (Å²) in [7, 11) is 2.23. The van der Waals surface area contributed by atoms with E-state index in [2.05, 4.69) is 36.3 Å². The molecule has 0 saturated carbocycles. The minimum absolute atomic E-state index is 0.743. The molecule has 4 heteroatoms. The molecule has 1 fully saturated rings. The maximum atomic E-state index is 5.81. The summed E-state index contributed by atoms with van der Waals surface area (Å²) >= 11 is 1.86. The van der Waals surface area contributed by atoms with Crippen LogP contribution in [0.3, 0.4) is 0 Å². The monoisotopic (exact) mass is 282 g/mol. The van der Waals surface area contributed by atoms with Crippen LogP contribution in [-0.2, 0) is 17.9 Å². The Labute approximate surface area is 121 Å². The van der Waals surface area contributed by atoms with E-state index in [4.69, 9.17) is 4.74 Å². The van der Waals surface area contributed by atoms with Crippen molar-refractivity contribution in [2.24, 2.45) is 0 Å². The van der Waals surface area contributed by atoms with Crippen LogP contribution in [-0.4, -0.2) is 37.7 Å². The van der Waals surface area contributed by atoms with Crippen LogP contribution in [0.5, 0.6) is 0 Å². The first-order chi connectivity index (χ1) is 9.29. The highest BCUT2D eigenvalue weighted by Gasteiger charge is 2.19. The number of nitrogens with zero attached hydrogens (tertiary/aromatic N) is 1. The Hall–Kier alpha value is -0.420. The molecule has 108 valence electrons. The normalized spacial score (nSPS) is 20.2. The molecule has 0 bridgehead atoms. The van der Waals surface area contributed by atoms with Crippen LogP contribution < -0.4 is 5.32 Å². The zero-order valence-corrected chi connectivity index (χ0v) is 13.0. The molecule has 2 rings (SSSR count). The van der Waals surface area contributed by atoms with Crippen molar-refractivity contribution in [1.29, 1.82) is 0 Å². The van der Waals surface area contributed by atoms with Gasteiger partial charge in [-0.2, -0.15) is 0 Å². The van der Waals surface area contributed by atoms with Crippen LogP contribution in [0.1, 0.15) is 35.9 Å². The average molecular weight is 282 g/mol. The van der Waals surface area contributed by atoms with E-state index in [1.807, 2.05) is 11.3 Å². The molecule has 0 aliphatic carbocycles. The number of thiophene rings is 1. The van der Waals surface area contributed by atoms with Crippen molar-refractivity contribution in [2.45, 2.75) is 45.4 Å². The Morgan fingerprint density at radius 2 is 2.26 bits per heavy atom. The van der Waals surface area contributed by atoms with Crippen molar-refractivity contribution in [3.63, 3.8) is 0 Å². The maximum absolute atomic E-state index is 5.81. The first kappa shape index (κ1) is 15.0. The van der Waals surface area contributed by atoms with E-state index in [0.29, 0.717) is 0 Å². The largest absolute Gasteiger partial charge is 0.376 e. The molecule has 0 aromatic carbocycles. The average Bonchev–Trinajstić information content (AvgIpc) is 3.02. The molecule has 1 aliphatic rings. The zero-order valence-electron chi connectivity index (χ0n) is 12.2. The van der Waals surface area contributed by atoms with E-state index in [1.165, 1.54) is 35.6 Å². The molecule has 2 heterocycles. The Kier molecular flexibility index (Phi) is 6.31. The van der Waals surface area contributed by atoms with Crippen LogP contribution in [0.4, 0.5) is 0 Å². The van der Waals surface area contributed by atoms with E-state index < -0.39 is 0 Å². The number of hydrogen-bond acceptors (Lipinski definition) is 4. The van der Waals surface area contributed by atoms with Crippen molar-refractivity contribution in [3.05, 3.63) is 21.9 Å². The van der Waals surface area contributed by atoms with E-state index in [1.54, 1.807) is 0 Å². The summed E-state index contributed by atoms with van der Waals surface area (Å²) in [6, 6.07) is 5.14. The van der Waals surface area contributed by atoms with Crippen molar-refractivity contribution >= 4 is 11.3 Å². The Morgan fingerprint density at radius 3 is 3.00 bits per heavy atom. The minimum Gasteiger partial charge on any atom is -0.376 e. The molecule has 1 aromatic heterocycles. The quantitative estimate of drug-likeness (QED) is 0.742. The molecular formula is C15H26N2OS. The summed E-state index contributed by atoms with van der Waals surface area (Å²) in [6.45, 7) is 7.05. The number of hydrogen-bond donors (Lipinski definition) is 1. The van der Waals surface area contributed by atoms with E-state index >= 15 is 0 Å². The van der Waals surface area contributed by atoms with E-state index in [0.717, 1.165) is 32.3 Å². The molecule has 3 nitrogen and oxygen atoms in total. The molecule has 1 aliphatic heterocycles. The van der Waals surface area contributed by atoms with Crippen molar-refractivity contribution in [2.75, 3.05) is 26.7 Å². The van der Waals surface area contributed by atoms with Gasteiger partial charge in [0.1, 0.15) is 0 Å². The predicted octanol–water partition coefficient (Wildman–Crippen LogP) is 2.86. The lowest BCUT2D eigenvalue weighted by atomic mass is 10.1. The molecular weight excluding hydrogens is 256 g/mol. The summed E-state index contributed by atoms with van der Waals surface area (Å²) in [6.07, 6.45) is 3.86. The molecule has 0 amide bonds. The second kappa shape index (κ2) is 8.00. The summed E-state index contributed by atoms with van der Waals surface area (Å²) in [5.41, 5.74) is 0. The Bertz CT molecular complexity index is 367. The van der Waals surface area contributed by atoms with Gasteiger partial charge >= 0.3 is 0 Å². The molecule has 1 unspecified atom stereocenters. The van der Waals surface area contributed by atoms with Crippen LogP contribution >= 0.6 is 11.3 Å². The SMILES string of the molecule is CCNCc1ccc(COCCC2CCCN2C)s1. The maximum Gasteiger partial charge on any atom is 0.0809 e. The highest BCUT2D eigenvalue weighted by Crippen LogP contribution is 2.19. The fourth-order valence-electron chi connectivity index (χ4n) is 2.58. The summed E-state index contributed by atoms with van der Waals surface area (Å²) in [5.74, 6) is 0. The van der Waals surface area contributed by atoms with Gasteiger partial charge in [0, 0.05) is 28.9 Å². The number of likely N-dealkylation sites (tertiary alicyclic amines) is 1. The van der Waals surface area contributed by atoms with Gasteiger partial charge in [-0.05, 0) is 51.5 Å². The van der Waals surface area contributed by atoms with E-state index in [9.17, 15) is 0 Å². The molecule has 1 atom stereocenters. The number of rotatable bonds is 8. The van der Waals surface area contributed by atoms with Gasteiger partial charge in [-0.25, -0.2) is 0 Å². The second-order valence-corrected chi connectivity index (χ2v) is 6.52. The molecule has 19 heavy (non-hydrogen) atoms. The Balaban J connectivity index is 1.61. The fourth-order valence-corrected chi connectivity index (χ4v) is 3.50. The van der Waals surface area contributed by atoms with Crippen LogP contribution in [0.25, 0.3) is 0 Å². The van der Waals surface area contributed by atoms with Crippen LogP contribution in [0.2, 0.25) is 0 Å². The molecule has 0 radical (unpaired) electrons. The third-order valence-electron chi connectivity index (χ3n) is 3.78. The van der Waals surface area contributed by atoms with E-state index in [-0.39, 0.29) is 0 Å². The van der Waals surface area contributed by atoms with Crippen molar-refractivity contribution in [1.82, 2.24) is 10.2 Å². The fraction of sp³-hybridized carbons (Fsp3) is 0.733. The smallest absolute Gasteiger partial charge is 0.0809 e. The van der Waals surface area contributed by atoms with Gasteiger partial charge in [0.2, 0.25) is 0 Å². The lowest BCUT2D eigenvalue weighted by molar-refractivity contribution is 0.103. The van der Waals surface area contributed by atoms with Crippen LogP contribution in [0.15, 0.2) is 12.1 Å². The lowest BCUT2D eigenvalue weighted by Crippen LogP contribution is -2.25. The molecule has 0 spiro atoms. The second-order valence-electron chi connectivity index (χ2n) is 5.27. The highest BCUT2D eigenvalue weighted by atomic mass is 32.1. The van der Waals surface area contributed by atoms with Gasteiger partial charge in [0.25, 0.3) is 0 Å². The zero-order chi connectivity index (χ0) is 13.5. The summed E-state index contributed by atoms with van der Waals surface area (Å²) in [5, 5.41) is 3.35. The Morgan fingerprint density at radius 1 is 1.42 bits per heavy atom. The topological polar surface area (TPSA) is 24.5 Å². The van der Waals surface area contributed by atoms with Gasteiger partial charge in [0.05, 0.1) is 6.61 Å². The van der Waals surface area contributed by atoms with Gasteiger partial charge in [-0.1, -0.05) is 6.92 Å². The summed E-state index contributed by atoms with van der Waals surface area (Å²) < 4.78 is 5.81. The third-order valence-corrected chi connectivity index (χ3v) is 4.84.